The summed E-state index contributed by atoms with van der Waals surface area (Å²) in [6.07, 6.45) is 0. The zero-order valence-corrected chi connectivity index (χ0v) is 11.8. The molecule has 0 aliphatic heterocycles. The van der Waals surface area contributed by atoms with Gasteiger partial charge in [0.1, 0.15) is 5.82 Å². The largest absolute Gasteiger partial charge is 0.384 e. The van der Waals surface area contributed by atoms with E-state index in [0.717, 1.165) is 5.39 Å². The number of pyridine rings is 1. The highest BCUT2D eigenvalue weighted by Crippen LogP contribution is 2.21. The van der Waals surface area contributed by atoms with Crippen LogP contribution in [0.5, 0.6) is 0 Å². The molecule has 1 aromatic heterocycles. The third-order valence-electron chi connectivity index (χ3n) is 3.08. The smallest absolute Gasteiger partial charge is 0.256 e. The highest BCUT2D eigenvalue weighted by Gasteiger charge is 2.12. The molecule has 0 aliphatic rings. The third kappa shape index (κ3) is 2.80. The number of para-hydroxylation sites is 1. The lowest BCUT2D eigenvalue weighted by atomic mass is 10.1. The number of aromatic nitrogens is 1. The summed E-state index contributed by atoms with van der Waals surface area (Å²) < 4.78 is 0. The summed E-state index contributed by atoms with van der Waals surface area (Å²) in [5, 5.41) is 4.20. The highest BCUT2D eigenvalue weighted by atomic mass is 35.5. The van der Waals surface area contributed by atoms with Gasteiger partial charge in [0.2, 0.25) is 0 Å². The van der Waals surface area contributed by atoms with Crippen LogP contribution in [-0.2, 0) is 0 Å². The highest BCUT2D eigenvalue weighted by molar-refractivity contribution is 6.30. The Morgan fingerprint density at radius 3 is 2.57 bits per heavy atom. The predicted octanol–water partition coefficient (Wildman–Crippen LogP) is 3.72. The molecule has 0 aliphatic carbocycles. The molecule has 3 N–H and O–H groups in total. The number of anilines is 2. The van der Waals surface area contributed by atoms with Crippen LogP contribution in [0.15, 0.2) is 54.6 Å². The molecule has 0 bridgehead atoms. The van der Waals surface area contributed by atoms with Crippen molar-refractivity contribution in [2.75, 3.05) is 11.1 Å². The summed E-state index contributed by atoms with van der Waals surface area (Å²) >= 11 is 5.83. The van der Waals surface area contributed by atoms with Gasteiger partial charge in [-0.2, -0.15) is 0 Å². The molecule has 0 saturated heterocycles. The average molecular weight is 298 g/mol. The molecule has 1 amide bonds. The SMILES string of the molecule is Nc1cc(C(=O)Nc2ccc(Cl)cc2)c2ccccc2n1. The number of carbonyl (C=O) groups excluding carboxylic acids is 1. The molecular formula is C16H12ClN3O. The summed E-state index contributed by atoms with van der Waals surface area (Å²) in [7, 11) is 0. The van der Waals surface area contributed by atoms with Crippen molar-refractivity contribution < 1.29 is 4.79 Å². The molecule has 1 heterocycles. The summed E-state index contributed by atoms with van der Waals surface area (Å²) in [6.45, 7) is 0. The maximum absolute atomic E-state index is 12.4. The third-order valence-corrected chi connectivity index (χ3v) is 3.33. The van der Waals surface area contributed by atoms with E-state index in [9.17, 15) is 4.79 Å². The number of fused-ring (bicyclic) bond motifs is 1. The predicted molar refractivity (Wildman–Crippen MR) is 85.6 cm³/mol. The van der Waals surface area contributed by atoms with Crippen LogP contribution in [0.4, 0.5) is 11.5 Å². The first-order valence-electron chi connectivity index (χ1n) is 6.36. The Bertz CT molecular complexity index is 815. The van der Waals surface area contributed by atoms with Gasteiger partial charge < -0.3 is 11.1 Å². The topological polar surface area (TPSA) is 68.0 Å². The summed E-state index contributed by atoms with van der Waals surface area (Å²) in [5.74, 6) is 0.0811. The van der Waals surface area contributed by atoms with E-state index >= 15 is 0 Å². The van der Waals surface area contributed by atoms with Crippen LogP contribution in [0.2, 0.25) is 5.02 Å². The first-order chi connectivity index (χ1) is 10.1. The number of amides is 1. The van der Waals surface area contributed by atoms with Crippen LogP contribution in [0.1, 0.15) is 10.4 Å². The van der Waals surface area contributed by atoms with E-state index in [1.807, 2.05) is 24.3 Å². The normalized spacial score (nSPS) is 10.5. The molecule has 21 heavy (non-hydrogen) atoms. The second-order valence-corrected chi connectivity index (χ2v) is 5.01. The summed E-state index contributed by atoms with van der Waals surface area (Å²) in [4.78, 5) is 16.7. The molecule has 4 nitrogen and oxygen atoms in total. The van der Waals surface area contributed by atoms with Crippen LogP contribution in [-0.4, -0.2) is 10.9 Å². The first-order valence-corrected chi connectivity index (χ1v) is 6.73. The van der Waals surface area contributed by atoms with Gasteiger partial charge in [-0.3, -0.25) is 4.79 Å². The molecule has 0 spiro atoms. The van der Waals surface area contributed by atoms with Gasteiger partial charge in [0.25, 0.3) is 5.91 Å². The van der Waals surface area contributed by atoms with E-state index in [-0.39, 0.29) is 5.91 Å². The molecular weight excluding hydrogens is 286 g/mol. The number of nitrogens with zero attached hydrogens (tertiary/aromatic N) is 1. The number of hydrogen-bond acceptors (Lipinski definition) is 3. The Morgan fingerprint density at radius 2 is 1.81 bits per heavy atom. The Labute approximate surface area is 126 Å². The maximum Gasteiger partial charge on any atom is 0.256 e. The number of carbonyl (C=O) groups is 1. The van der Waals surface area contributed by atoms with Crippen molar-refractivity contribution in [3.8, 4) is 0 Å². The van der Waals surface area contributed by atoms with Gasteiger partial charge in [-0.15, -0.1) is 0 Å². The molecule has 3 aromatic rings. The fourth-order valence-electron chi connectivity index (χ4n) is 2.12. The lowest BCUT2D eigenvalue weighted by molar-refractivity contribution is 0.102. The average Bonchev–Trinajstić information content (AvgIpc) is 2.48. The Hall–Kier alpha value is -2.59. The fraction of sp³-hybridized carbons (Fsp3) is 0. The number of nitrogens with one attached hydrogen (secondary N) is 1. The van der Waals surface area contributed by atoms with E-state index in [1.165, 1.54) is 0 Å². The van der Waals surface area contributed by atoms with Crippen molar-refractivity contribution in [3.63, 3.8) is 0 Å². The van der Waals surface area contributed by atoms with Crippen LogP contribution in [0, 0.1) is 0 Å². The molecule has 0 saturated carbocycles. The maximum atomic E-state index is 12.4. The van der Waals surface area contributed by atoms with E-state index in [4.69, 9.17) is 17.3 Å². The quantitative estimate of drug-likeness (QED) is 0.757. The minimum absolute atomic E-state index is 0.234. The van der Waals surface area contributed by atoms with E-state index in [1.54, 1.807) is 30.3 Å². The van der Waals surface area contributed by atoms with Crippen LogP contribution >= 0.6 is 11.6 Å². The molecule has 0 atom stereocenters. The minimum Gasteiger partial charge on any atom is -0.384 e. The first kappa shape index (κ1) is 13.4. The Kier molecular flexibility index (Phi) is 3.46. The van der Waals surface area contributed by atoms with Gasteiger partial charge >= 0.3 is 0 Å². The van der Waals surface area contributed by atoms with Crippen LogP contribution in [0.3, 0.4) is 0 Å². The van der Waals surface area contributed by atoms with Gasteiger partial charge in [-0.1, -0.05) is 29.8 Å². The Morgan fingerprint density at radius 1 is 1.10 bits per heavy atom. The summed E-state index contributed by atoms with van der Waals surface area (Å²) in [5.41, 5.74) is 7.62. The molecule has 0 fully saturated rings. The second kappa shape index (κ2) is 5.42. The number of benzene rings is 2. The molecule has 2 aromatic carbocycles. The second-order valence-electron chi connectivity index (χ2n) is 4.57. The number of rotatable bonds is 2. The van der Waals surface area contributed by atoms with Crippen molar-refractivity contribution in [1.29, 1.82) is 0 Å². The van der Waals surface area contributed by atoms with Crippen molar-refractivity contribution in [2.24, 2.45) is 0 Å². The molecule has 0 radical (unpaired) electrons. The van der Waals surface area contributed by atoms with Crippen molar-refractivity contribution in [2.45, 2.75) is 0 Å². The fourth-order valence-corrected chi connectivity index (χ4v) is 2.24. The Balaban J connectivity index is 1.99. The van der Waals surface area contributed by atoms with Crippen molar-refractivity contribution in [1.82, 2.24) is 4.98 Å². The van der Waals surface area contributed by atoms with E-state index < -0.39 is 0 Å². The number of hydrogen-bond donors (Lipinski definition) is 2. The molecule has 104 valence electrons. The zero-order valence-electron chi connectivity index (χ0n) is 11.0. The molecule has 5 heteroatoms. The van der Waals surface area contributed by atoms with Gasteiger partial charge in [-0.05, 0) is 36.4 Å². The molecule has 3 rings (SSSR count). The van der Waals surface area contributed by atoms with Gasteiger partial charge in [-0.25, -0.2) is 4.98 Å². The van der Waals surface area contributed by atoms with Gasteiger partial charge in [0.15, 0.2) is 0 Å². The van der Waals surface area contributed by atoms with Crippen molar-refractivity contribution >= 4 is 39.9 Å². The zero-order chi connectivity index (χ0) is 14.8. The standard InChI is InChI=1S/C16H12ClN3O/c17-10-5-7-11(8-6-10)19-16(21)13-9-15(18)20-14-4-2-1-3-12(13)14/h1-9H,(H2,18,20)(H,19,21). The lowest BCUT2D eigenvalue weighted by Crippen LogP contribution is -2.13. The van der Waals surface area contributed by atoms with Crippen LogP contribution in [0.25, 0.3) is 10.9 Å². The lowest BCUT2D eigenvalue weighted by Gasteiger charge is -2.09. The van der Waals surface area contributed by atoms with Crippen LogP contribution < -0.4 is 11.1 Å². The van der Waals surface area contributed by atoms with Gasteiger partial charge in [0, 0.05) is 16.1 Å². The van der Waals surface area contributed by atoms with E-state index in [0.29, 0.717) is 27.6 Å². The minimum atomic E-state index is -0.234. The van der Waals surface area contributed by atoms with Crippen molar-refractivity contribution in [3.05, 3.63) is 65.2 Å². The monoisotopic (exact) mass is 297 g/mol. The number of nitrogen functional groups attached to an aromatic ring is 1. The molecule has 0 unspecified atom stereocenters. The number of halogens is 1. The van der Waals surface area contributed by atoms with E-state index in [2.05, 4.69) is 10.3 Å². The number of nitrogens with two attached hydrogens (primary N) is 1. The summed E-state index contributed by atoms with van der Waals surface area (Å²) in [6, 6.07) is 15.9. The van der Waals surface area contributed by atoms with Gasteiger partial charge in [0.05, 0.1) is 11.1 Å².